The summed E-state index contributed by atoms with van der Waals surface area (Å²) in [5.74, 6) is 0.164. The average molecular weight is 339 g/mol. The first-order valence-corrected chi connectivity index (χ1v) is 7.65. The Labute approximate surface area is 143 Å². The van der Waals surface area contributed by atoms with Gasteiger partial charge in [-0.2, -0.15) is 0 Å². The molecule has 3 aromatic rings. The molecule has 0 aliphatic heterocycles. The van der Waals surface area contributed by atoms with Crippen molar-refractivity contribution in [3.63, 3.8) is 0 Å². The lowest BCUT2D eigenvalue weighted by Crippen LogP contribution is -2.25. The van der Waals surface area contributed by atoms with E-state index in [1.807, 2.05) is 12.1 Å². The Balaban J connectivity index is 1.60. The van der Waals surface area contributed by atoms with Gasteiger partial charge in [-0.1, -0.05) is 12.1 Å². The third-order valence-corrected chi connectivity index (χ3v) is 3.55. The van der Waals surface area contributed by atoms with Crippen LogP contribution < -0.4 is 15.4 Å². The van der Waals surface area contributed by atoms with Crippen molar-refractivity contribution in [2.75, 3.05) is 13.7 Å². The lowest BCUT2D eigenvalue weighted by molar-refractivity contribution is -0.122. The Morgan fingerprint density at radius 2 is 2.12 bits per heavy atom. The number of hydrogen-bond acceptors (Lipinski definition) is 5. The van der Waals surface area contributed by atoms with Crippen molar-refractivity contribution >= 4 is 17.5 Å². The molecule has 0 bridgehead atoms. The highest BCUT2D eigenvalue weighted by atomic mass is 16.5. The SMILES string of the molecule is CNC(=O)COc1cccc(CNC(=O)c2ccc3nncn3c2)c1. The second-order valence-electron chi connectivity index (χ2n) is 5.31. The van der Waals surface area contributed by atoms with Crippen LogP contribution in [-0.2, 0) is 11.3 Å². The van der Waals surface area contributed by atoms with Crippen molar-refractivity contribution in [2.24, 2.45) is 0 Å². The van der Waals surface area contributed by atoms with Crippen LogP contribution in [0.1, 0.15) is 15.9 Å². The number of likely N-dealkylation sites (N-methyl/N-ethyl adjacent to an activating group) is 1. The van der Waals surface area contributed by atoms with Gasteiger partial charge < -0.3 is 15.4 Å². The zero-order valence-corrected chi connectivity index (χ0v) is 13.6. The summed E-state index contributed by atoms with van der Waals surface area (Å²) in [7, 11) is 1.55. The lowest BCUT2D eigenvalue weighted by Gasteiger charge is -2.09. The van der Waals surface area contributed by atoms with E-state index in [0.29, 0.717) is 23.5 Å². The number of benzene rings is 1. The quantitative estimate of drug-likeness (QED) is 0.692. The van der Waals surface area contributed by atoms with E-state index in [1.54, 1.807) is 48.2 Å². The number of aromatic nitrogens is 3. The summed E-state index contributed by atoms with van der Waals surface area (Å²) >= 11 is 0. The molecule has 25 heavy (non-hydrogen) atoms. The summed E-state index contributed by atoms with van der Waals surface area (Å²) in [6.45, 7) is 0.293. The fourth-order valence-electron chi connectivity index (χ4n) is 2.21. The number of carbonyl (C=O) groups is 2. The number of nitrogens with one attached hydrogen (secondary N) is 2. The zero-order valence-electron chi connectivity index (χ0n) is 13.6. The Morgan fingerprint density at radius 1 is 1.24 bits per heavy atom. The highest BCUT2D eigenvalue weighted by Crippen LogP contribution is 2.13. The Kier molecular flexibility index (Phi) is 4.89. The maximum Gasteiger partial charge on any atom is 0.257 e. The van der Waals surface area contributed by atoms with Gasteiger partial charge in [-0.25, -0.2) is 0 Å². The minimum atomic E-state index is -0.205. The summed E-state index contributed by atoms with van der Waals surface area (Å²) in [5, 5.41) is 13.0. The topological polar surface area (TPSA) is 97.6 Å². The van der Waals surface area contributed by atoms with E-state index in [2.05, 4.69) is 20.8 Å². The molecule has 2 amide bonds. The molecule has 8 heteroatoms. The molecule has 3 rings (SSSR count). The van der Waals surface area contributed by atoms with Crippen molar-refractivity contribution < 1.29 is 14.3 Å². The molecule has 0 fully saturated rings. The van der Waals surface area contributed by atoms with E-state index in [0.717, 1.165) is 5.56 Å². The maximum atomic E-state index is 12.3. The normalized spacial score (nSPS) is 10.4. The van der Waals surface area contributed by atoms with Gasteiger partial charge >= 0.3 is 0 Å². The van der Waals surface area contributed by atoms with Crippen molar-refractivity contribution in [3.05, 3.63) is 60.0 Å². The van der Waals surface area contributed by atoms with Gasteiger partial charge in [0, 0.05) is 19.8 Å². The van der Waals surface area contributed by atoms with Crippen LogP contribution in [0.25, 0.3) is 5.65 Å². The minimum Gasteiger partial charge on any atom is -0.484 e. The first-order valence-electron chi connectivity index (χ1n) is 7.65. The monoisotopic (exact) mass is 339 g/mol. The number of ether oxygens (including phenoxy) is 1. The van der Waals surface area contributed by atoms with Gasteiger partial charge in [0.2, 0.25) is 0 Å². The lowest BCUT2D eigenvalue weighted by atomic mass is 10.2. The van der Waals surface area contributed by atoms with Gasteiger partial charge in [0.1, 0.15) is 12.1 Å². The summed E-state index contributed by atoms with van der Waals surface area (Å²) in [4.78, 5) is 23.5. The molecule has 128 valence electrons. The largest absolute Gasteiger partial charge is 0.484 e. The first-order chi connectivity index (χ1) is 12.2. The number of hydrogen-bond donors (Lipinski definition) is 2. The predicted molar refractivity (Wildman–Crippen MR) is 90.2 cm³/mol. The van der Waals surface area contributed by atoms with E-state index < -0.39 is 0 Å². The molecule has 0 radical (unpaired) electrons. The van der Waals surface area contributed by atoms with Crippen LogP contribution in [0.5, 0.6) is 5.75 Å². The van der Waals surface area contributed by atoms with Crippen molar-refractivity contribution in [1.29, 1.82) is 0 Å². The van der Waals surface area contributed by atoms with Crippen LogP contribution in [0.4, 0.5) is 0 Å². The number of rotatable bonds is 6. The van der Waals surface area contributed by atoms with Crippen LogP contribution in [0.3, 0.4) is 0 Å². The van der Waals surface area contributed by atoms with Crippen molar-refractivity contribution in [1.82, 2.24) is 25.2 Å². The molecular formula is C17H17N5O3. The molecular weight excluding hydrogens is 322 g/mol. The molecule has 0 unspecified atom stereocenters. The smallest absolute Gasteiger partial charge is 0.257 e. The van der Waals surface area contributed by atoms with Crippen LogP contribution in [-0.4, -0.2) is 40.1 Å². The van der Waals surface area contributed by atoms with E-state index in [1.165, 1.54) is 0 Å². The molecule has 2 aromatic heterocycles. The molecule has 1 aromatic carbocycles. The summed E-state index contributed by atoms with van der Waals surface area (Å²) < 4.78 is 7.07. The van der Waals surface area contributed by atoms with Crippen LogP contribution in [0.2, 0.25) is 0 Å². The Hall–Kier alpha value is -3.42. The Morgan fingerprint density at radius 3 is 2.96 bits per heavy atom. The molecule has 2 N–H and O–H groups in total. The highest BCUT2D eigenvalue weighted by molar-refractivity contribution is 5.94. The number of amides is 2. The van der Waals surface area contributed by atoms with Crippen LogP contribution >= 0.6 is 0 Å². The molecule has 8 nitrogen and oxygen atoms in total. The van der Waals surface area contributed by atoms with E-state index in [9.17, 15) is 9.59 Å². The van der Waals surface area contributed by atoms with Crippen molar-refractivity contribution in [3.8, 4) is 5.75 Å². The summed E-state index contributed by atoms with van der Waals surface area (Å²) in [6, 6.07) is 10.7. The van der Waals surface area contributed by atoms with Gasteiger partial charge in [-0.05, 0) is 29.8 Å². The summed E-state index contributed by atoms with van der Waals surface area (Å²) in [6.07, 6.45) is 3.22. The molecule has 0 aliphatic rings. The van der Waals surface area contributed by atoms with Crippen molar-refractivity contribution in [2.45, 2.75) is 6.54 Å². The fourth-order valence-corrected chi connectivity index (χ4v) is 2.21. The number of carbonyl (C=O) groups excluding carboxylic acids is 2. The number of fused-ring (bicyclic) bond motifs is 1. The molecule has 0 saturated carbocycles. The van der Waals surface area contributed by atoms with Crippen LogP contribution in [0, 0.1) is 0 Å². The fraction of sp³-hybridized carbons (Fsp3) is 0.176. The molecule has 0 atom stereocenters. The molecule has 0 aliphatic carbocycles. The maximum absolute atomic E-state index is 12.3. The predicted octanol–water partition coefficient (Wildman–Crippen LogP) is 0.784. The Bertz CT molecular complexity index is 906. The third kappa shape index (κ3) is 4.11. The van der Waals surface area contributed by atoms with E-state index in [-0.39, 0.29) is 18.4 Å². The second-order valence-corrected chi connectivity index (χ2v) is 5.31. The molecule has 0 spiro atoms. The zero-order chi connectivity index (χ0) is 17.6. The van der Waals surface area contributed by atoms with Gasteiger partial charge in [0.05, 0.1) is 5.56 Å². The molecule has 2 heterocycles. The van der Waals surface area contributed by atoms with E-state index in [4.69, 9.17) is 4.74 Å². The minimum absolute atomic E-state index is 0.0503. The number of pyridine rings is 1. The van der Waals surface area contributed by atoms with Crippen LogP contribution in [0.15, 0.2) is 48.9 Å². The van der Waals surface area contributed by atoms with Gasteiger partial charge in [-0.3, -0.25) is 14.0 Å². The highest BCUT2D eigenvalue weighted by Gasteiger charge is 2.08. The number of nitrogens with zero attached hydrogens (tertiary/aromatic N) is 3. The van der Waals surface area contributed by atoms with Gasteiger partial charge in [0.25, 0.3) is 11.8 Å². The third-order valence-electron chi connectivity index (χ3n) is 3.55. The summed E-state index contributed by atoms with van der Waals surface area (Å²) in [5.41, 5.74) is 2.06. The van der Waals surface area contributed by atoms with Gasteiger partial charge in [-0.15, -0.1) is 10.2 Å². The second kappa shape index (κ2) is 7.43. The van der Waals surface area contributed by atoms with E-state index >= 15 is 0 Å². The van der Waals surface area contributed by atoms with Gasteiger partial charge in [0.15, 0.2) is 12.3 Å². The molecule has 0 saturated heterocycles. The average Bonchev–Trinajstić information content (AvgIpc) is 3.12. The standard InChI is InChI=1S/C17H17N5O3/c1-18-16(23)10-25-14-4-2-3-12(7-14)8-19-17(24)13-5-6-15-21-20-11-22(15)9-13/h2-7,9,11H,8,10H2,1H3,(H,18,23)(H,19,24). The first kappa shape index (κ1) is 16.4.